The first-order valence-electron chi connectivity index (χ1n) is 23.1. The van der Waals surface area contributed by atoms with E-state index < -0.39 is 23.4 Å². The number of methoxy groups -OCH3 is 1. The number of hydrogen-bond acceptors (Lipinski definition) is 11. The van der Waals surface area contributed by atoms with E-state index in [-0.39, 0.29) is 65.1 Å². The maximum Gasteiger partial charge on any atom is 0.200 e. The molecule has 1 saturated carbocycles. The summed E-state index contributed by atoms with van der Waals surface area (Å²) in [7, 11) is 3.41. The molecule has 9 N–H and O–H groups in total. The molecule has 3 heterocycles. The summed E-state index contributed by atoms with van der Waals surface area (Å²) in [4.78, 5) is 19.5. The number of fused-ring (bicyclic) bond motifs is 5. The number of phenols is 4. The molecule has 1 aliphatic carbocycles. The molecule has 0 unspecified atom stereocenters. The molecule has 344 valence electrons. The van der Waals surface area contributed by atoms with Crippen LogP contribution in [0.5, 0.6) is 34.5 Å². The Bertz CT molecular complexity index is 2550. The van der Waals surface area contributed by atoms with Crippen LogP contribution >= 0.6 is 0 Å². The molecule has 1 aromatic heterocycles. The quantitative estimate of drug-likeness (QED) is 0.0514. The number of aromatic hydroxyl groups is 4. The Labute approximate surface area is 381 Å². The molecule has 3 aliphatic rings. The highest BCUT2D eigenvalue weighted by Gasteiger charge is 2.55. The number of phenolic OH excluding ortho intramolecular Hbond substituents is 4. The predicted octanol–water partition coefficient (Wildman–Crippen LogP) is 8.91. The normalized spacial score (nSPS) is 22.8. The highest BCUT2D eigenvalue weighted by atomic mass is 16.5. The van der Waals surface area contributed by atoms with Gasteiger partial charge in [0.1, 0.15) is 17.4 Å². The average molecular weight is 885 g/mol. The standard InChI is InChI=1S/C53H64N4O8/c1-31(2)30-65-48-26-35(25-46(62)52(48)63)34-22-36(29-54-3)50-41-13-12-40(58)23-33(41)11-14-42(50)57-49-28-38(17-20-56-49)53(18-5-7-37(53)27-39-8-6-19-55-39)51(45(61)24-34)44(60)16-10-32-9-15-43(59)47(21-32)64-4/h6,8-9,11-15,17,19,21,23,25-26,28,31,34,36-37,44,51,54-60,62-63H,5,7,10,16,18,20,22,24,27,29-30H2,1-4H3/t34-,36-,37-,44+,51-,53-/m0/s1. The lowest BCUT2D eigenvalue weighted by Gasteiger charge is -2.46. The van der Waals surface area contributed by atoms with Crippen LogP contribution in [0.25, 0.3) is 10.8 Å². The molecule has 0 saturated heterocycles. The number of ketones is 1. The lowest BCUT2D eigenvalue weighted by Crippen LogP contribution is -2.48. The smallest absolute Gasteiger partial charge is 0.200 e. The fourth-order valence-corrected chi connectivity index (χ4v) is 11.1. The SMILES string of the molecule is CNC[C@@H]1C[C@H](c2cc(O)c(O)c(OCC(C)C)c2)CC(=O)[C@H]([C@H](O)CCc2ccc(O)c(OC)c2)[C@]2(CCC[C@H]2Cc2ccc[nH]2)C2=CCNC(=C2)Nc2ccc3cc(O)ccc3c21. The number of aromatic amines is 1. The second-order valence-electron chi connectivity index (χ2n) is 18.7. The van der Waals surface area contributed by atoms with E-state index in [1.54, 1.807) is 36.4 Å². The Morgan fingerprint density at radius 1 is 0.969 bits per heavy atom. The number of dihydropyridines is 1. The monoisotopic (exact) mass is 884 g/mol. The number of carbonyl (C=O) groups is 1. The van der Waals surface area contributed by atoms with Gasteiger partial charge >= 0.3 is 0 Å². The van der Waals surface area contributed by atoms with Crippen molar-refractivity contribution in [3.63, 3.8) is 0 Å². The molecule has 2 bridgehead atoms. The first-order valence-corrected chi connectivity index (χ1v) is 23.1. The number of anilines is 1. The van der Waals surface area contributed by atoms with Crippen molar-refractivity contribution in [1.82, 2.24) is 15.6 Å². The minimum Gasteiger partial charge on any atom is -0.508 e. The first-order chi connectivity index (χ1) is 31.4. The molecule has 6 atom stereocenters. The molecule has 12 nitrogen and oxygen atoms in total. The van der Waals surface area contributed by atoms with Crippen LogP contribution in [0.15, 0.2) is 103 Å². The van der Waals surface area contributed by atoms with E-state index in [9.17, 15) is 25.5 Å². The number of aliphatic hydroxyl groups excluding tert-OH is 1. The fraction of sp³-hybridized carbons (Fsp3) is 0.415. The van der Waals surface area contributed by atoms with Gasteiger partial charge in [-0.3, -0.25) is 4.79 Å². The summed E-state index contributed by atoms with van der Waals surface area (Å²) >= 11 is 0. The molecule has 2 aliphatic heterocycles. The summed E-state index contributed by atoms with van der Waals surface area (Å²) in [5, 5.41) is 69.0. The number of H-pyrrole nitrogens is 1. The van der Waals surface area contributed by atoms with Gasteiger partial charge in [-0.1, -0.05) is 44.5 Å². The summed E-state index contributed by atoms with van der Waals surface area (Å²) in [6, 6.07) is 22.1. The van der Waals surface area contributed by atoms with Crippen molar-refractivity contribution >= 4 is 22.2 Å². The minimum atomic E-state index is -1.06. The Hall–Kier alpha value is -6.11. The molecule has 1 fully saturated rings. The number of allylic oxidation sites excluding steroid dienone is 2. The van der Waals surface area contributed by atoms with Gasteiger partial charge in [0, 0.05) is 42.5 Å². The van der Waals surface area contributed by atoms with Gasteiger partial charge in [0.2, 0.25) is 5.75 Å². The second kappa shape index (κ2) is 19.6. The van der Waals surface area contributed by atoms with Crippen LogP contribution in [0.2, 0.25) is 0 Å². The van der Waals surface area contributed by atoms with E-state index in [2.05, 4.69) is 45.2 Å². The van der Waals surface area contributed by atoms with Crippen LogP contribution in [0.3, 0.4) is 0 Å². The van der Waals surface area contributed by atoms with Gasteiger partial charge in [0.15, 0.2) is 23.0 Å². The molecule has 0 radical (unpaired) electrons. The van der Waals surface area contributed by atoms with Gasteiger partial charge in [-0.05, 0) is 163 Å². The molecule has 0 amide bonds. The van der Waals surface area contributed by atoms with Crippen LogP contribution in [-0.4, -0.2) is 76.3 Å². The van der Waals surface area contributed by atoms with Gasteiger partial charge in [-0.2, -0.15) is 0 Å². The van der Waals surface area contributed by atoms with Gasteiger partial charge < -0.3 is 55.9 Å². The zero-order chi connectivity index (χ0) is 45.8. The summed E-state index contributed by atoms with van der Waals surface area (Å²) in [6.45, 7) is 5.37. The molecule has 12 heteroatoms. The Morgan fingerprint density at radius 2 is 1.82 bits per heavy atom. The van der Waals surface area contributed by atoms with E-state index >= 15 is 4.79 Å². The topological polar surface area (TPSA) is 189 Å². The van der Waals surface area contributed by atoms with E-state index in [0.29, 0.717) is 56.7 Å². The Kier molecular flexibility index (Phi) is 13.7. The van der Waals surface area contributed by atoms with E-state index in [0.717, 1.165) is 57.5 Å². The van der Waals surface area contributed by atoms with E-state index in [4.69, 9.17) is 9.47 Å². The fourth-order valence-electron chi connectivity index (χ4n) is 11.1. The zero-order valence-corrected chi connectivity index (χ0v) is 37.9. The van der Waals surface area contributed by atoms with Gasteiger partial charge in [0.05, 0.1) is 25.7 Å². The maximum absolute atomic E-state index is 16.1. The van der Waals surface area contributed by atoms with Gasteiger partial charge in [-0.15, -0.1) is 0 Å². The molecule has 65 heavy (non-hydrogen) atoms. The van der Waals surface area contributed by atoms with Crippen LogP contribution < -0.4 is 25.4 Å². The average Bonchev–Trinajstić information content (AvgIpc) is 3.97. The number of likely N-dealkylation sites (N-methyl/N-ethyl adjacent to an activating group) is 1. The maximum atomic E-state index is 16.1. The van der Waals surface area contributed by atoms with Crippen molar-refractivity contribution < 1.29 is 39.8 Å². The summed E-state index contributed by atoms with van der Waals surface area (Å²) in [5.41, 5.74) is 4.72. The number of hydrogen-bond donors (Lipinski definition) is 9. The highest BCUT2D eigenvalue weighted by Crippen LogP contribution is 2.58. The number of ether oxygens (including phenoxy) is 2. The molecule has 4 aromatic carbocycles. The van der Waals surface area contributed by atoms with Crippen molar-refractivity contribution in [2.75, 3.05) is 39.2 Å². The first kappa shape index (κ1) is 45.5. The second-order valence-corrected chi connectivity index (χ2v) is 18.7. The number of aryl methyl sites for hydroxylation is 1. The van der Waals surface area contributed by atoms with Crippen molar-refractivity contribution in [2.45, 2.75) is 83.2 Å². The number of aromatic nitrogens is 1. The predicted molar refractivity (Wildman–Crippen MR) is 254 cm³/mol. The van der Waals surface area contributed by atoms with Crippen molar-refractivity contribution in [2.24, 2.45) is 23.2 Å². The Balaban J connectivity index is 1.33. The highest BCUT2D eigenvalue weighted by molar-refractivity contribution is 5.92. The third-order valence-electron chi connectivity index (χ3n) is 14.0. The van der Waals surface area contributed by atoms with Crippen LogP contribution in [0.1, 0.15) is 86.6 Å². The zero-order valence-electron chi connectivity index (χ0n) is 37.9. The van der Waals surface area contributed by atoms with Gasteiger partial charge in [-0.25, -0.2) is 0 Å². The lowest BCUT2D eigenvalue weighted by molar-refractivity contribution is -0.134. The molecular formula is C53H64N4O8. The number of rotatable bonds is 13. The third kappa shape index (κ3) is 9.51. The summed E-state index contributed by atoms with van der Waals surface area (Å²) in [5.74, 6) is -0.690. The number of Topliss-reactive ketones (excluding diaryl/α,β-unsaturated/α-hetero) is 1. The van der Waals surface area contributed by atoms with Crippen LogP contribution in [0, 0.1) is 23.2 Å². The minimum absolute atomic E-state index is 0.00125. The van der Waals surface area contributed by atoms with Crippen molar-refractivity contribution in [3.05, 3.63) is 125 Å². The summed E-state index contributed by atoms with van der Waals surface area (Å²) in [6.07, 6.45) is 9.54. The summed E-state index contributed by atoms with van der Waals surface area (Å²) < 4.78 is 11.5. The van der Waals surface area contributed by atoms with Crippen molar-refractivity contribution in [3.8, 4) is 34.5 Å². The van der Waals surface area contributed by atoms with Crippen molar-refractivity contribution in [1.29, 1.82) is 0 Å². The Morgan fingerprint density at radius 3 is 2.58 bits per heavy atom. The van der Waals surface area contributed by atoms with Gasteiger partial charge in [0.25, 0.3) is 0 Å². The number of aliphatic hydroxyl groups is 1. The van der Waals surface area contributed by atoms with E-state index in [1.165, 1.54) is 7.11 Å². The molecule has 5 aromatic rings. The molecular weight excluding hydrogens is 821 g/mol. The third-order valence-corrected chi connectivity index (χ3v) is 14.0. The molecule has 8 rings (SSSR count). The lowest BCUT2D eigenvalue weighted by atomic mass is 9.58. The largest absolute Gasteiger partial charge is 0.508 e. The number of benzene rings is 4. The van der Waals surface area contributed by atoms with Crippen LogP contribution in [0.4, 0.5) is 5.69 Å². The molecule has 1 spiro atoms. The number of carbonyl (C=O) groups excluding carboxylic acids is 1. The number of nitrogens with one attached hydrogen (secondary N) is 4. The van der Waals surface area contributed by atoms with Crippen LogP contribution in [-0.2, 0) is 17.6 Å². The van der Waals surface area contributed by atoms with E-state index in [1.807, 2.05) is 51.4 Å².